The lowest BCUT2D eigenvalue weighted by molar-refractivity contribution is -0.137. The van der Waals surface area contributed by atoms with E-state index in [4.69, 9.17) is 16.7 Å². The zero-order chi connectivity index (χ0) is 15.2. The van der Waals surface area contributed by atoms with Gasteiger partial charge in [-0.3, -0.25) is 9.59 Å². The normalized spacial score (nSPS) is 11.9. The molecule has 4 nitrogen and oxygen atoms in total. The highest BCUT2D eigenvalue weighted by Crippen LogP contribution is 2.21. The van der Waals surface area contributed by atoms with Crippen molar-refractivity contribution in [1.82, 2.24) is 5.32 Å². The van der Waals surface area contributed by atoms with Crippen molar-refractivity contribution in [2.75, 3.05) is 6.54 Å². The van der Waals surface area contributed by atoms with E-state index < -0.39 is 5.97 Å². The number of hydrogen-bond donors (Lipinski definition) is 2. The third-order valence-electron chi connectivity index (χ3n) is 3.02. The van der Waals surface area contributed by atoms with Crippen LogP contribution in [0.25, 0.3) is 0 Å². The molecule has 1 unspecified atom stereocenters. The molecule has 110 valence electrons. The Morgan fingerprint density at radius 3 is 2.52 bits per heavy atom. The predicted molar refractivity (Wildman–Crippen MR) is 83.1 cm³/mol. The van der Waals surface area contributed by atoms with Gasteiger partial charge in [-0.05, 0) is 29.1 Å². The standard InChI is InChI=1S/C15H14ClNO3S/c16-12-5-3-10(4-6-12)11(8-14(18)19)9-17-15(20)13-2-1-7-21-13/h1-7,11H,8-9H2,(H,17,20)(H,18,19). The summed E-state index contributed by atoms with van der Waals surface area (Å²) in [6, 6.07) is 10.5. The molecule has 0 aliphatic rings. The molecule has 2 N–H and O–H groups in total. The maximum atomic E-state index is 11.9. The first-order valence-electron chi connectivity index (χ1n) is 6.35. The number of carbonyl (C=O) groups excluding carboxylic acids is 1. The molecule has 1 aromatic carbocycles. The topological polar surface area (TPSA) is 66.4 Å². The van der Waals surface area contributed by atoms with E-state index in [9.17, 15) is 9.59 Å². The van der Waals surface area contributed by atoms with Crippen LogP contribution in [0.5, 0.6) is 0 Å². The van der Waals surface area contributed by atoms with Crippen LogP contribution in [0.4, 0.5) is 0 Å². The number of rotatable bonds is 6. The maximum Gasteiger partial charge on any atom is 0.304 e. The number of carbonyl (C=O) groups is 2. The minimum Gasteiger partial charge on any atom is -0.481 e. The third kappa shape index (κ3) is 4.58. The van der Waals surface area contributed by atoms with Gasteiger partial charge in [-0.1, -0.05) is 29.8 Å². The predicted octanol–water partition coefficient (Wildman–Crippen LogP) is 3.39. The highest BCUT2D eigenvalue weighted by Gasteiger charge is 2.17. The molecule has 0 spiro atoms. The Morgan fingerprint density at radius 2 is 1.95 bits per heavy atom. The summed E-state index contributed by atoms with van der Waals surface area (Å²) in [5.41, 5.74) is 0.841. The van der Waals surface area contributed by atoms with Crippen LogP contribution in [0, 0.1) is 0 Å². The van der Waals surface area contributed by atoms with Crippen LogP contribution in [0.3, 0.4) is 0 Å². The van der Waals surface area contributed by atoms with Gasteiger partial charge in [-0.15, -0.1) is 11.3 Å². The Labute approximate surface area is 131 Å². The molecule has 0 radical (unpaired) electrons. The van der Waals surface area contributed by atoms with Gasteiger partial charge in [0.15, 0.2) is 0 Å². The number of amides is 1. The van der Waals surface area contributed by atoms with Crippen molar-refractivity contribution in [2.24, 2.45) is 0 Å². The molecule has 0 aliphatic carbocycles. The van der Waals surface area contributed by atoms with Crippen LogP contribution in [0.1, 0.15) is 27.6 Å². The SMILES string of the molecule is O=C(O)CC(CNC(=O)c1cccs1)c1ccc(Cl)cc1. The second-order valence-electron chi connectivity index (χ2n) is 4.53. The molecule has 1 amide bonds. The molecule has 2 aromatic rings. The van der Waals surface area contributed by atoms with Gasteiger partial charge < -0.3 is 10.4 Å². The zero-order valence-corrected chi connectivity index (χ0v) is 12.7. The molecule has 0 saturated heterocycles. The monoisotopic (exact) mass is 323 g/mol. The summed E-state index contributed by atoms with van der Waals surface area (Å²) in [7, 11) is 0. The van der Waals surface area contributed by atoms with E-state index in [-0.39, 0.29) is 24.8 Å². The number of carboxylic acid groups (broad SMARTS) is 1. The van der Waals surface area contributed by atoms with Gasteiger partial charge in [-0.2, -0.15) is 0 Å². The molecule has 2 rings (SSSR count). The Hall–Kier alpha value is -1.85. The van der Waals surface area contributed by atoms with Crippen molar-refractivity contribution in [3.05, 3.63) is 57.2 Å². The molecule has 0 bridgehead atoms. The van der Waals surface area contributed by atoms with E-state index in [2.05, 4.69) is 5.32 Å². The first-order chi connectivity index (χ1) is 10.1. The average Bonchev–Trinajstić information content (AvgIpc) is 2.98. The summed E-state index contributed by atoms with van der Waals surface area (Å²) in [5.74, 6) is -1.38. The third-order valence-corrected chi connectivity index (χ3v) is 4.14. The number of carboxylic acids is 1. The Balaban J connectivity index is 2.04. The average molecular weight is 324 g/mol. The van der Waals surface area contributed by atoms with Crippen LogP contribution >= 0.6 is 22.9 Å². The van der Waals surface area contributed by atoms with Crippen molar-refractivity contribution >= 4 is 34.8 Å². The van der Waals surface area contributed by atoms with Crippen molar-refractivity contribution < 1.29 is 14.7 Å². The van der Waals surface area contributed by atoms with E-state index in [1.54, 1.807) is 36.4 Å². The van der Waals surface area contributed by atoms with Crippen molar-refractivity contribution in [3.63, 3.8) is 0 Å². The number of halogens is 1. The molecule has 6 heteroatoms. The molecule has 1 atom stereocenters. The summed E-state index contributed by atoms with van der Waals surface area (Å²) in [6.45, 7) is 0.269. The lowest BCUT2D eigenvalue weighted by Crippen LogP contribution is -2.28. The minimum atomic E-state index is -0.902. The Kier molecular flexibility index (Phi) is 5.36. The van der Waals surface area contributed by atoms with Crippen LogP contribution in [-0.4, -0.2) is 23.5 Å². The number of benzene rings is 1. The van der Waals surface area contributed by atoms with E-state index >= 15 is 0 Å². The smallest absolute Gasteiger partial charge is 0.304 e. The molecule has 0 saturated carbocycles. The maximum absolute atomic E-state index is 11.9. The molecule has 1 heterocycles. The lowest BCUT2D eigenvalue weighted by Gasteiger charge is -2.16. The Bertz CT molecular complexity index is 610. The van der Waals surface area contributed by atoms with Gasteiger partial charge in [0, 0.05) is 17.5 Å². The van der Waals surface area contributed by atoms with Crippen molar-refractivity contribution in [3.8, 4) is 0 Å². The second-order valence-corrected chi connectivity index (χ2v) is 5.92. The van der Waals surface area contributed by atoms with Crippen LogP contribution in [-0.2, 0) is 4.79 Å². The number of hydrogen-bond acceptors (Lipinski definition) is 3. The summed E-state index contributed by atoms with van der Waals surface area (Å²) in [6.07, 6.45) is -0.0493. The van der Waals surface area contributed by atoms with E-state index in [1.165, 1.54) is 11.3 Å². The van der Waals surface area contributed by atoms with E-state index in [0.717, 1.165) is 5.56 Å². The molecular formula is C15H14ClNO3S. The van der Waals surface area contributed by atoms with Gasteiger partial charge in [-0.25, -0.2) is 0 Å². The van der Waals surface area contributed by atoms with Gasteiger partial charge in [0.2, 0.25) is 0 Å². The second kappa shape index (κ2) is 7.24. The highest BCUT2D eigenvalue weighted by molar-refractivity contribution is 7.12. The molecule has 0 fully saturated rings. The van der Waals surface area contributed by atoms with E-state index in [1.807, 2.05) is 5.38 Å². The quantitative estimate of drug-likeness (QED) is 0.856. The summed E-state index contributed by atoms with van der Waals surface area (Å²) < 4.78 is 0. The largest absolute Gasteiger partial charge is 0.481 e. The number of nitrogens with one attached hydrogen (secondary N) is 1. The van der Waals surface area contributed by atoms with Gasteiger partial charge in [0.1, 0.15) is 0 Å². The molecule has 21 heavy (non-hydrogen) atoms. The van der Waals surface area contributed by atoms with Crippen molar-refractivity contribution in [2.45, 2.75) is 12.3 Å². The molecule has 0 aliphatic heterocycles. The summed E-state index contributed by atoms with van der Waals surface area (Å²) in [4.78, 5) is 23.5. The lowest BCUT2D eigenvalue weighted by atomic mass is 9.95. The minimum absolute atomic E-state index is 0.0493. The fraction of sp³-hybridized carbons (Fsp3) is 0.200. The van der Waals surface area contributed by atoms with Crippen LogP contribution < -0.4 is 5.32 Å². The fourth-order valence-electron chi connectivity index (χ4n) is 1.96. The first kappa shape index (κ1) is 15.5. The van der Waals surface area contributed by atoms with E-state index in [0.29, 0.717) is 9.90 Å². The highest BCUT2D eigenvalue weighted by atomic mass is 35.5. The fourth-order valence-corrected chi connectivity index (χ4v) is 2.73. The molecule has 1 aromatic heterocycles. The summed E-state index contributed by atoms with van der Waals surface area (Å²) in [5, 5.41) is 14.2. The van der Waals surface area contributed by atoms with Crippen LogP contribution in [0.2, 0.25) is 5.02 Å². The van der Waals surface area contributed by atoms with Gasteiger partial charge in [0.05, 0.1) is 11.3 Å². The summed E-state index contributed by atoms with van der Waals surface area (Å²) >= 11 is 7.18. The van der Waals surface area contributed by atoms with Crippen LogP contribution in [0.15, 0.2) is 41.8 Å². The molecular weight excluding hydrogens is 310 g/mol. The number of aliphatic carboxylic acids is 1. The Morgan fingerprint density at radius 1 is 1.24 bits per heavy atom. The number of thiophene rings is 1. The first-order valence-corrected chi connectivity index (χ1v) is 7.61. The van der Waals surface area contributed by atoms with Gasteiger partial charge >= 0.3 is 5.97 Å². The van der Waals surface area contributed by atoms with Crippen molar-refractivity contribution in [1.29, 1.82) is 0 Å². The zero-order valence-electron chi connectivity index (χ0n) is 11.1. The van der Waals surface area contributed by atoms with Gasteiger partial charge in [0.25, 0.3) is 5.91 Å².